The van der Waals surface area contributed by atoms with Gasteiger partial charge in [0.25, 0.3) is 0 Å². The minimum absolute atomic E-state index is 0.477. The molecule has 2 heteroatoms. The fraction of sp³-hybridized carbons (Fsp3) is 1.00. The molecule has 1 aliphatic rings. The van der Waals surface area contributed by atoms with E-state index in [9.17, 15) is 0 Å². The van der Waals surface area contributed by atoms with Crippen LogP contribution in [0.3, 0.4) is 0 Å². The topological polar surface area (TPSA) is 21.1 Å². The average molecular weight is 228 g/mol. The van der Waals surface area contributed by atoms with Gasteiger partial charge in [-0.25, -0.2) is 0 Å². The van der Waals surface area contributed by atoms with Crippen LogP contribution in [0.25, 0.3) is 0 Å². The molecule has 2 nitrogen and oxygen atoms in total. The van der Waals surface area contributed by atoms with Crippen molar-refractivity contribution in [3.63, 3.8) is 0 Å². The Bertz CT molecular complexity index is 179. The Kier molecular flexibility index (Phi) is 5.77. The van der Waals surface area contributed by atoms with Crippen LogP contribution in [0, 0.1) is 5.41 Å². The third-order valence-corrected chi connectivity index (χ3v) is 3.74. The highest BCUT2D eigenvalue weighted by molar-refractivity contribution is 4.66. The third-order valence-electron chi connectivity index (χ3n) is 3.74. The molecule has 1 saturated carbocycles. The van der Waals surface area contributed by atoms with Crippen molar-refractivity contribution in [2.24, 2.45) is 5.41 Å². The lowest BCUT2D eigenvalue weighted by atomic mass is 9.92. The molecule has 3 N–H and O–H groups in total. The summed E-state index contributed by atoms with van der Waals surface area (Å²) in [5.41, 5.74) is 0.477. The van der Waals surface area contributed by atoms with Gasteiger partial charge >= 0.3 is 0 Å². The van der Waals surface area contributed by atoms with Gasteiger partial charge < -0.3 is 10.2 Å². The molecular weight excluding hydrogens is 196 g/mol. The second-order valence-electron chi connectivity index (χ2n) is 6.74. The Labute approximate surface area is 102 Å². The molecule has 0 aromatic rings. The Morgan fingerprint density at radius 2 is 1.62 bits per heavy atom. The van der Waals surface area contributed by atoms with Gasteiger partial charge in [-0.05, 0) is 39.5 Å². The first kappa shape index (κ1) is 14.0. The summed E-state index contributed by atoms with van der Waals surface area (Å²) in [4.78, 5) is 1.57. The maximum atomic E-state index is 2.63. The zero-order valence-electron chi connectivity index (χ0n) is 11.8. The zero-order chi connectivity index (χ0) is 12.0. The zero-order valence-corrected chi connectivity index (χ0v) is 11.8. The van der Waals surface area contributed by atoms with Crippen molar-refractivity contribution >= 4 is 0 Å². The summed E-state index contributed by atoms with van der Waals surface area (Å²) < 4.78 is 0. The summed E-state index contributed by atoms with van der Waals surface area (Å²) in [7, 11) is 4.51. The molecular formula is C14H32N2+2. The molecule has 0 radical (unpaired) electrons. The van der Waals surface area contributed by atoms with E-state index in [2.05, 4.69) is 33.3 Å². The van der Waals surface area contributed by atoms with Crippen LogP contribution < -0.4 is 10.2 Å². The third kappa shape index (κ3) is 5.86. The van der Waals surface area contributed by atoms with Crippen LogP contribution >= 0.6 is 0 Å². The number of nitrogens with two attached hydrogens (primary N) is 1. The van der Waals surface area contributed by atoms with E-state index in [1.54, 1.807) is 4.90 Å². The normalized spacial score (nSPS) is 20.1. The van der Waals surface area contributed by atoms with Crippen LogP contribution in [-0.4, -0.2) is 33.2 Å². The molecule has 0 unspecified atom stereocenters. The smallest absolute Gasteiger partial charge is 0.0873 e. The number of nitrogens with one attached hydrogen (secondary N) is 1. The van der Waals surface area contributed by atoms with Gasteiger partial charge in [0.1, 0.15) is 0 Å². The lowest BCUT2D eigenvalue weighted by Crippen LogP contribution is -3.08. The van der Waals surface area contributed by atoms with E-state index in [0.717, 1.165) is 6.04 Å². The van der Waals surface area contributed by atoms with Crippen LogP contribution in [-0.2, 0) is 0 Å². The first-order valence-electron chi connectivity index (χ1n) is 7.12. The van der Waals surface area contributed by atoms with Gasteiger partial charge in [-0.1, -0.05) is 12.8 Å². The second-order valence-corrected chi connectivity index (χ2v) is 6.74. The molecule has 0 aliphatic heterocycles. The van der Waals surface area contributed by atoms with Gasteiger partial charge in [0, 0.05) is 0 Å². The largest absolute Gasteiger partial charge is 0.343 e. The van der Waals surface area contributed by atoms with E-state index in [0.29, 0.717) is 5.41 Å². The number of quaternary nitrogens is 2. The molecule has 0 spiro atoms. The van der Waals surface area contributed by atoms with E-state index in [4.69, 9.17) is 0 Å². The Balaban J connectivity index is 2.25. The average Bonchev–Trinajstić information content (AvgIpc) is 2.40. The minimum atomic E-state index is 0.477. The number of hydrogen-bond donors (Lipinski definition) is 2. The molecule has 16 heavy (non-hydrogen) atoms. The van der Waals surface area contributed by atoms with Crippen molar-refractivity contribution in [3.05, 3.63) is 0 Å². The van der Waals surface area contributed by atoms with Gasteiger partial charge in [0.15, 0.2) is 0 Å². The Hall–Kier alpha value is -0.0800. The molecule has 1 aliphatic carbocycles. The second kappa shape index (κ2) is 6.61. The highest BCUT2D eigenvalue weighted by atomic mass is 15.1. The van der Waals surface area contributed by atoms with Crippen LogP contribution in [0.4, 0.5) is 0 Å². The number of hydrogen-bond acceptors (Lipinski definition) is 0. The van der Waals surface area contributed by atoms with E-state index < -0.39 is 0 Å². The molecule has 0 aromatic carbocycles. The van der Waals surface area contributed by atoms with Crippen LogP contribution in [0.5, 0.6) is 0 Å². The SMILES string of the molecule is C[NH+](C)CC(C)(C)C[NH2+]C1CCCCCC1. The fourth-order valence-electron chi connectivity index (χ4n) is 3.06. The summed E-state index contributed by atoms with van der Waals surface area (Å²) in [5.74, 6) is 0. The van der Waals surface area contributed by atoms with Crippen LogP contribution in [0.2, 0.25) is 0 Å². The fourth-order valence-corrected chi connectivity index (χ4v) is 3.06. The molecule has 1 rings (SSSR count). The molecule has 0 aromatic heterocycles. The van der Waals surface area contributed by atoms with Gasteiger partial charge in [-0.2, -0.15) is 0 Å². The summed E-state index contributed by atoms with van der Waals surface area (Å²) in [5, 5.41) is 2.63. The maximum Gasteiger partial charge on any atom is 0.0873 e. The van der Waals surface area contributed by atoms with Crippen molar-refractivity contribution in [2.45, 2.75) is 58.4 Å². The summed E-state index contributed by atoms with van der Waals surface area (Å²) in [6, 6.07) is 0.916. The van der Waals surface area contributed by atoms with Crippen molar-refractivity contribution in [3.8, 4) is 0 Å². The summed E-state index contributed by atoms with van der Waals surface area (Å²) >= 11 is 0. The van der Waals surface area contributed by atoms with E-state index in [1.807, 2.05) is 0 Å². The molecule has 0 saturated heterocycles. The molecule has 0 heterocycles. The van der Waals surface area contributed by atoms with E-state index in [-0.39, 0.29) is 0 Å². The van der Waals surface area contributed by atoms with Gasteiger partial charge in [0.2, 0.25) is 0 Å². The van der Waals surface area contributed by atoms with Crippen LogP contribution in [0.1, 0.15) is 52.4 Å². The van der Waals surface area contributed by atoms with Gasteiger partial charge in [-0.3, -0.25) is 0 Å². The standard InChI is InChI=1S/C14H30N2/c1-14(2,12-16(3)4)11-15-13-9-7-5-6-8-10-13/h13,15H,5-12H2,1-4H3/p+2. The highest BCUT2D eigenvalue weighted by Gasteiger charge is 2.26. The molecule has 0 bridgehead atoms. The van der Waals surface area contributed by atoms with E-state index in [1.165, 1.54) is 51.6 Å². The molecule has 1 fully saturated rings. The van der Waals surface area contributed by atoms with Crippen LogP contribution in [0.15, 0.2) is 0 Å². The monoisotopic (exact) mass is 228 g/mol. The van der Waals surface area contributed by atoms with Gasteiger partial charge in [-0.15, -0.1) is 0 Å². The highest BCUT2D eigenvalue weighted by Crippen LogP contribution is 2.15. The summed E-state index contributed by atoms with van der Waals surface area (Å²) in [6.07, 6.45) is 8.75. The molecule has 0 atom stereocenters. The van der Waals surface area contributed by atoms with Crippen molar-refractivity contribution in [1.82, 2.24) is 0 Å². The summed E-state index contributed by atoms with van der Waals surface area (Å²) in [6.45, 7) is 7.39. The van der Waals surface area contributed by atoms with Crippen molar-refractivity contribution in [1.29, 1.82) is 0 Å². The predicted octanol–water partition coefficient (Wildman–Crippen LogP) is 0.443. The first-order chi connectivity index (χ1) is 7.49. The Morgan fingerprint density at radius 1 is 1.06 bits per heavy atom. The van der Waals surface area contributed by atoms with Gasteiger partial charge in [0.05, 0.1) is 38.6 Å². The minimum Gasteiger partial charge on any atom is -0.343 e. The Morgan fingerprint density at radius 3 is 2.12 bits per heavy atom. The van der Waals surface area contributed by atoms with E-state index >= 15 is 0 Å². The maximum absolute atomic E-state index is 2.63. The lowest BCUT2D eigenvalue weighted by molar-refractivity contribution is -0.869. The molecule has 0 amide bonds. The van der Waals surface area contributed by atoms with Crippen molar-refractivity contribution < 1.29 is 10.2 Å². The number of rotatable bonds is 5. The lowest BCUT2D eigenvalue weighted by Gasteiger charge is -2.26. The molecule has 96 valence electrons. The first-order valence-corrected chi connectivity index (χ1v) is 7.12. The predicted molar refractivity (Wildman–Crippen MR) is 69.7 cm³/mol. The van der Waals surface area contributed by atoms with Crippen molar-refractivity contribution in [2.75, 3.05) is 27.2 Å². The quantitative estimate of drug-likeness (QED) is 0.638.